The van der Waals surface area contributed by atoms with Gasteiger partial charge in [-0.3, -0.25) is 9.59 Å². The Labute approximate surface area is 154 Å². The van der Waals surface area contributed by atoms with Gasteiger partial charge < -0.3 is 14.8 Å². The molecule has 0 aromatic heterocycles. The van der Waals surface area contributed by atoms with Crippen molar-refractivity contribution in [2.24, 2.45) is 0 Å². The van der Waals surface area contributed by atoms with E-state index in [1.165, 1.54) is 5.56 Å². The molecule has 0 fully saturated rings. The maximum atomic E-state index is 11.9. The molecule has 0 radical (unpaired) electrons. The largest absolute Gasteiger partial charge is 0.496 e. The van der Waals surface area contributed by atoms with Crippen LogP contribution in [0.5, 0.6) is 5.75 Å². The van der Waals surface area contributed by atoms with Crippen LogP contribution < -0.4 is 10.1 Å². The number of hydrogen-bond donors (Lipinski definition) is 1. The van der Waals surface area contributed by atoms with Crippen LogP contribution in [0.4, 0.5) is 0 Å². The number of esters is 1. The molecule has 0 saturated carbocycles. The first-order valence-electron chi connectivity index (χ1n) is 8.69. The number of rotatable bonds is 9. The van der Waals surface area contributed by atoms with E-state index in [4.69, 9.17) is 9.47 Å². The van der Waals surface area contributed by atoms with Gasteiger partial charge in [0.1, 0.15) is 5.75 Å². The Bertz CT molecular complexity index is 715. The van der Waals surface area contributed by atoms with Crippen molar-refractivity contribution >= 4 is 11.9 Å². The number of benzene rings is 2. The van der Waals surface area contributed by atoms with Crippen molar-refractivity contribution in [2.75, 3.05) is 13.7 Å². The van der Waals surface area contributed by atoms with Gasteiger partial charge in [0.05, 0.1) is 13.5 Å². The predicted molar refractivity (Wildman–Crippen MR) is 100 cm³/mol. The summed E-state index contributed by atoms with van der Waals surface area (Å²) < 4.78 is 10.3. The normalized spacial score (nSPS) is 11.5. The van der Waals surface area contributed by atoms with Crippen LogP contribution in [-0.2, 0) is 27.2 Å². The third-order valence-corrected chi connectivity index (χ3v) is 4.01. The number of carbonyl (C=O) groups excluding carboxylic acids is 2. The van der Waals surface area contributed by atoms with Crippen LogP contribution in [0.2, 0.25) is 0 Å². The fourth-order valence-corrected chi connectivity index (χ4v) is 2.62. The fraction of sp³-hybridized carbons (Fsp3) is 0.333. The Kier molecular flexibility index (Phi) is 7.68. The summed E-state index contributed by atoms with van der Waals surface area (Å²) in [6.45, 7) is 1.67. The van der Waals surface area contributed by atoms with Crippen molar-refractivity contribution in [3.63, 3.8) is 0 Å². The van der Waals surface area contributed by atoms with Gasteiger partial charge in [0.25, 0.3) is 5.91 Å². The van der Waals surface area contributed by atoms with Gasteiger partial charge in [-0.1, -0.05) is 48.5 Å². The quantitative estimate of drug-likeness (QED) is 0.703. The zero-order valence-corrected chi connectivity index (χ0v) is 15.2. The topological polar surface area (TPSA) is 64.6 Å². The Balaban J connectivity index is 1.69. The predicted octanol–water partition coefficient (Wildman–Crippen LogP) is 2.92. The van der Waals surface area contributed by atoms with E-state index in [1.807, 2.05) is 37.3 Å². The minimum absolute atomic E-state index is 0.00984. The number of nitrogens with one attached hydrogen (secondary N) is 1. The number of ether oxygens (including phenoxy) is 2. The molecule has 1 N–H and O–H groups in total. The molecule has 5 nitrogen and oxygen atoms in total. The Morgan fingerprint density at radius 2 is 1.73 bits per heavy atom. The molecule has 26 heavy (non-hydrogen) atoms. The Morgan fingerprint density at radius 1 is 1.04 bits per heavy atom. The number of hydrogen-bond acceptors (Lipinski definition) is 4. The molecule has 138 valence electrons. The first-order chi connectivity index (χ1) is 12.6. The van der Waals surface area contributed by atoms with E-state index in [9.17, 15) is 9.59 Å². The van der Waals surface area contributed by atoms with Crippen LogP contribution in [0.15, 0.2) is 54.6 Å². The SMILES string of the molecule is COc1ccccc1CC(=O)OCC(=O)NC(C)CCc1ccccc1. The minimum atomic E-state index is -0.457. The summed E-state index contributed by atoms with van der Waals surface area (Å²) in [4.78, 5) is 23.9. The van der Waals surface area contributed by atoms with Crippen LogP contribution in [-0.4, -0.2) is 31.6 Å². The van der Waals surface area contributed by atoms with Gasteiger partial charge in [0.2, 0.25) is 0 Å². The zero-order valence-electron chi connectivity index (χ0n) is 15.2. The van der Waals surface area contributed by atoms with Crippen molar-refractivity contribution in [1.82, 2.24) is 5.32 Å². The maximum absolute atomic E-state index is 11.9. The molecule has 1 atom stereocenters. The highest BCUT2D eigenvalue weighted by molar-refractivity contribution is 5.81. The molecule has 1 unspecified atom stereocenters. The molecule has 2 aromatic carbocycles. The molecule has 0 aliphatic heterocycles. The molecule has 0 spiro atoms. The van der Waals surface area contributed by atoms with Crippen molar-refractivity contribution in [2.45, 2.75) is 32.2 Å². The van der Waals surface area contributed by atoms with Gasteiger partial charge >= 0.3 is 5.97 Å². The number of methoxy groups -OCH3 is 1. The van der Waals surface area contributed by atoms with Gasteiger partial charge in [-0.05, 0) is 31.4 Å². The van der Waals surface area contributed by atoms with Crippen molar-refractivity contribution < 1.29 is 19.1 Å². The van der Waals surface area contributed by atoms with Gasteiger partial charge in [0.15, 0.2) is 6.61 Å². The lowest BCUT2D eigenvalue weighted by atomic mass is 10.1. The molecule has 5 heteroatoms. The van der Waals surface area contributed by atoms with Gasteiger partial charge in [-0.15, -0.1) is 0 Å². The van der Waals surface area contributed by atoms with Crippen molar-refractivity contribution in [3.8, 4) is 5.75 Å². The monoisotopic (exact) mass is 355 g/mol. The lowest BCUT2D eigenvalue weighted by Gasteiger charge is -2.14. The smallest absolute Gasteiger partial charge is 0.310 e. The lowest BCUT2D eigenvalue weighted by molar-refractivity contribution is -0.148. The fourth-order valence-electron chi connectivity index (χ4n) is 2.62. The second-order valence-electron chi connectivity index (χ2n) is 6.14. The summed E-state index contributed by atoms with van der Waals surface area (Å²) in [7, 11) is 1.55. The number of amides is 1. The highest BCUT2D eigenvalue weighted by atomic mass is 16.5. The molecule has 0 bridgehead atoms. The summed E-state index contributed by atoms with van der Waals surface area (Å²) in [5.41, 5.74) is 1.97. The van der Waals surface area contributed by atoms with Gasteiger partial charge in [0, 0.05) is 11.6 Å². The molecule has 2 aromatic rings. The van der Waals surface area contributed by atoms with Crippen molar-refractivity contribution in [3.05, 3.63) is 65.7 Å². The molecular formula is C21H25NO4. The first kappa shape index (κ1) is 19.5. The van der Waals surface area contributed by atoms with Crippen LogP contribution >= 0.6 is 0 Å². The third kappa shape index (κ3) is 6.59. The standard InChI is InChI=1S/C21H25NO4/c1-16(12-13-17-8-4-3-5-9-17)22-20(23)15-26-21(24)14-18-10-6-7-11-19(18)25-2/h3-11,16H,12-15H2,1-2H3,(H,22,23). The van der Waals surface area contributed by atoms with Crippen LogP contribution in [0.1, 0.15) is 24.5 Å². The lowest BCUT2D eigenvalue weighted by Crippen LogP contribution is -2.36. The summed E-state index contributed by atoms with van der Waals surface area (Å²) >= 11 is 0. The summed E-state index contributed by atoms with van der Waals surface area (Å²) in [6.07, 6.45) is 1.78. The number of aryl methyl sites for hydroxylation is 1. The van der Waals surface area contributed by atoms with E-state index < -0.39 is 5.97 Å². The summed E-state index contributed by atoms with van der Waals surface area (Å²) in [6, 6.07) is 17.4. The van der Waals surface area contributed by atoms with Crippen LogP contribution in [0.25, 0.3) is 0 Å². The van der Waals surface area contributed by atoms with E-state index in [2.05, 4.69) is 17.4 Å². The number of carbonyl (C=O) groups is 2. The second kappa shape index (κ2) is 10.2. The Hall–Kier alpha value is -2.82. The van der Waals surface area contributed by atoms with E-state index in [1.54, 1.807) is 19.2 Å². The first-order valence-corrected chi connectivity index (χ1v) is 8.69. The molecule has 0 aliphatic carbocycles. The molecular weight excluding hydrogens is 330 g/mol. The average molecular weight is 355 g/mol. The van der Waals surface area contributed by atoms with E-state index in [0.29, 0.717) is 5.75 Å². The summed E-state index contributed by atoms with van der Waals surface area (Å²) in [5, 5.41) is 2.85. The molecule has 0 aliphatic rings. The van der Waals surface area contributed by atoms with Gasteiger partial charge in [-0.25, -0.2) is 0 Å². The van der Waals surface area contributed by atoms with E-state index >= 15 is 0 Å². The van der Waals surface area contributed by atoms with Crippen LogP contribution in [0, 0.1) is 0 Å². The highest BCUT2D eigenvalue weighted by Crippen LogP contribution is 2.18. The Morgan fingerprint density at radius 3 is 2.46 bits per heavy atom. The highest BCUT2D eigenvalue weighted by Gasteiger charge is 2.13. The zero-order chi connectivity index (χ0) is 18.8. The third-order valence-electron chi connectivity index (χ3n) is 4.01. The molecule has 0 saturated heterocycles. The van der Waals surface area contributed by atoms with E-state index in [0.717, 1.165) is 18.4 Å². The van der Waals surface area contributed by atoms with Crippen molar-refractivity contribution in [1.29, 1.82) is 0 Å². The maximum Gasteiger partial charge on any atom is 0.310 e. The minimum Gasteiger partial charge on any atom is -0.496 e. The average Bonchev–Trinajstić information content (AvgIpc) is 2.66. The second-order valence-corrected chi connectivity index (χ2v) is 6.14. The van der Waals surface area contributed by atoms with Crippen LogP contribution in [0.3, 0.4) is 0 Å². The molecule has 0 heterocycles. The number of para-hydroxylation sites is 1. The van der Waals surface area contributed by atoms with Gasteiger partial charge in [-0.2, -0.15) is 0 Å². The summed E-state index contributed by atoms with van der Waals surface area (Å²) in [5.74, 6) is -0.121. The molecule has 1 amide bonds. The molecule has 2 rings (SSSR count). The van der Waals surface area contributed by atoms with E-state index in [-0.39, 0.29) is 25.0 Å².